The largest absolute Gasteiger partial charge is 0.504 e. The summed E-state index contributed by atoms with van der Waals surface area (Å²) in [6.07, 6.45) is 16.0. The van der Waals surface area contributed by atoms with E-state index in [0.717, 1.165) is 39.1 Å². The van der Waals surface area contributed by atoms with Gasteiger partial charge in [0.2, 0.25) is 0 Å². The lowest BCUT2D eigenvalue weighted by Gasteiger charge is -2.37. The number of unbranched alkanes of at least 4 members (excludes halogenated alkanes) is 3. The van der Waals surface area contributed by atoms with Crippen molar-refractivity contribution in [3.05, 3.63) is 0 Å². The third-order valence-electron chi connectivity index (χ3n) is 5.01. The van der Waals surface area contributed by atoms with Crippen LogP contribution in [0.2, 0.25) is 5.54 Å². The summed E-state index contributed by atoms with van der Waals surface area (Å²) in [5.41, 5.74) is 0.517. The molecule has 0 bridgehead atoms. The van der Waals surface area contributed by atoms with Gasteiger partial charge in [0.25, 0.3) is 0 Å². The Morgan fingerprint density at radius 2 is 1.00 bits per heavy atom. The predicted octanol–water partition coefficient (Wildman–Crippen LogP) is 6.49. The van der Waals surface area contributed by atoms with Crippen LogP contribution in [0.3, 0.4) is 0 Å². The van der Waals surface area contributed by atoms with Crippen molar-refractivity contribution in [1.29, 1.82) is 0 Å². The van der Waals surface area contributed by atoms with Crippen LogP contribution in [0.25, 0.3) is 0 Å². The Bertz CT molecular complexity index is 252. The van der Waals surface area contributed by atoms with E-state index in [2.05, 4.69) is 20.8 Å². The fraction of sp³-hybridized carbons (Fsp3) is 1.00. The molecule has 0 atom stereocenters. The average molecular weight is 359 g/mol. The van der Waals surface area contributed by atoms with Gasteiger partial charge in [-0.25, -0.2) is 0 Å². The quantitative estimate of drug-likeness (QED) is 0.278. The molecule has 0 saturated heterocycles. The van der Waals surface area contributed by atoms with Crippen LogP contribution in [0.1, 0.15) is 104 Å². The fourth-order valence-corrected chi connectivity index (χ4v) is 6.72. The summed E-state index contributed by atoms with van der Waals surface area (Å²) in [5, 5.41) is 0. The molecule has 0 aromatic heterocycles. The van der Waals surface area contributed by atoms with E-state index in [1.807, 2.05) is 0 Å². The van der Waals surface area contributed by atoms with Crippen molar-refractivity contribution in [3.63, 3.8) is 0 Å². The molecule has 1 aliphatic carbocycles. The first-order valence-corrected chi connectivity index (χ1v) is 12.5. The lowest BCUT2D eigenvalue weighted by atomic mass is 10.0. The van der Waals surface area contributed by atoms with Crippen molar-refractivity contribution >= 4 is 8.80 Å². The van der Waals surface area contributed by atoms with E-state index in [1.54, 1.807) is 0 Å². The van der Waals surface area contributed by atoms with Crippen molar-refractivity contribution in [3.8, 4) is 0 Å². The first-order valence-electron chi connectivity index (χ1n) is 10.7. The molecule has 1 aliphatic rings. The highest BCUT2D eigenvalue weighted by atomic mass is 28.4. The summed E-state index contributed by atoms with van der Waals surface area (Å²) in [5.74, 6) is 0. The van der Waals surface area contributed by atoms with Gasteiger partial charge in [-0.2, -0.15) is 0 Å². The smallest absolute Gasteiger partial charge is 0.373 e. The van der Waals surface area contributed by atoms with Gasteiger partial charge in [0.05, 0.1) is 0 Å². The van der Waals surface area contributed by atoms with E-state index in [9.17, 15) is 0 Å². The molecule has 1 rings (SSSR count). The van der Waals surface area contributed by atoms with E-state index in [1.165, 1.54) is 64.2 Å². The van der Waals surface area contributed by atoms with Crippen molar-refractivity contribution in [2.75, 3.05) is 19.8 Å². The zero-order valence-electron chi connectivity index (χ0n) is 16.6. The molecule has 0 aromatic rings. The minimum Gasteiger partial charge on any atom is -0.373 e. The molecule has 1 fully saturated rings. The van der Waals surface area contributed by atoms with Gasteiger partial charge in [-0.3, -0.25) is 0 Å². The molecule has 0 heterocycles. The lowest BCUT2D eigenvalue weighted by molar-refractivity contribution is 0.0435. The molecule has 0 N–H and O–H groups in total. The van der Waals surface area contributed by atoms with E-state index < -0.39 is 8.80 Å². The molecular weight excluding hydrogens is 316 g/mol. The second-order valence-corrected chi connectivity index (χ2v) is 10.1. The van der Waals surface area contributed by atoms with E-state index in [4.69, 9.17) is 13.3 Å². The van der Waals surface area contributed by atoms with Crippen molar-refractivity contribution in [2.24, 2.45) is 0 Å². The Morgan fingerprint density at radius 3 is 1.38 bits per heavy atom. The summed E-state index contributed by atoms with van der Waals surface area (Å²) >= 11 is 0. The monoisotopic (exact) mass is 358 g/mol. The van der Waals surface area contributed by atoms with Gasteiger partial charge in [0.1, 0.15) is 0 Å². The second-order valence-electron chi connectivity index (χ2n) is 7.25. The van der Waals surface area contributed by atoms with Crippen molar-refractivity contribution in [1.82, 2.24) is 0 Å². The number of hydrogen-bond donors (Lipinski definition) is 0. The maximum atomic E-state index is 6.49. The second kappa shape index (κ2) is 14.3. The molecule has 24 heavy (non-hydrogen) atoms. The van der Waals surface area contributed by atoms with Crippen molar-refractivity contribution in [2.45, 2.75) is 110 Å². The third kappa shape index (κ3) is 8.46. The Hall–Kier alpha value is 0.0969. The molecule has 0 aliphatic heterocycles. The van der Waals surface area contributed by atoms with Gasteiger partial charge in [0.15, 0.2) is 0 Å². The van der Waals surface area contributed by atoms with E-state index >= 15 is 0 Å². The van der Waals surface area contributed by atoms with Crippen LogP contribution in [0.4, 0.5) is 0 Å². The van der Waals surface area contributed by atoms with Gasteiger partial charge >= 0.3 is 8.80 Å². The molecule has 1 saturated carbocycles. The Morgan fingerprint density at radius 1 is 0.625 bits per heavy atom. The fourth-order valence-electron chi connectivity index (χ4n) is 3.36. The highest BCUT2D eigenvalue weighted by molar-refractivity contribution is 6.62. The Kier molecular flexibility index (Phi) is 13.2. The molecule has 4 heteroatoms. The van der Waals surface area contributed by atoms with Crippen LogP contribution in [0.15, 0.2) is 0 Å². The maximum Gasteiger partial charge on any atom is 0.504 e. The minimum atomic E-state index is -2.56. The molecule has 0 unspecified atom stereocenters. The van der Waals surface area contributed by atoms with E-state index in [0.29, 0.717) is 5.54 Å². The molecular formula is C20H42O3Si. The van der Waals surface area contributed by atoms with Crippen LogP contribution in [-0.4, -0.2) is 28.6 Å². The molecule has 0 radical (unpaired) electrons. The van der Waals surface area contributed by atoms with Crippen LogP contribution >= 0.6 is 0 Å². The number of rotatable bonds is 13. The van der Waals surface area contributed by atoms with Crippen LogP contribution < -0.4 is 0 Å². The van der Waals surface area contributed by atoms with Gasteiger partial charge in [0, 0.05) is 25.4 Å². The highest BCUT2D eigenvalue weighted by Gasteiger charge is 2.49. The first kappa shape index (κ1) is 22.1. The maximum absolute atomic E-state index is 6.49. The van der Waals surface area contributed by atoms with Gasteiger partial charge in [-0.15, -0.1) is 0 Å². The van der Waals surface area contributed by atoms with Crippen LogP contribution in [0.5, 0.6) is 0 Å². The highest BCUT2D eigenvalue weighted by Crippen LogP contribution is 2.37. The summed E-state index contributed by atoms with van der Waals surface area (Å²) in [6.45, 7) is 9.07. The zero-order chi connectivity index (χ0) is 17.5. The molecule has 144 valence electrons. The number of hydrogen-bond acceptors (Lipinski definition) is 3. The Balaban J connectivity index is 2.81. The first-order chi connectivity index (χ1) is 11.8. The van der Waals surface area contributed by atoms with Crippen LogP contribution in [0, 0.1) is 0 Å². The normalized spacial score (nSPS) is 17.6. The topological polar surface area (TPSA) is 27.7 Å². The Labute approximate surface area is 152 Å². The lowest BCUT2D eigenvalue weighted by Crippen LogP contribution is -2.51. The molecule has 0 amide bonds. The molecule has 3 nitrogen and oxygen atoms in total. The average Bonchev–Trinajstić information content (AvgIpc) is 2.55. The summed E-state index contributed by atoms with van der Waals surface area (Å²) in [4.78, 5) is 0. The van der Waals surface area contributed by atoms with E-state index in [-0.39, 0.29) is 0 Å². The SMILES string of the molecule is CCCCO[Si](OCCCC)(OCCCC)C1CCCCCCC1. The molecule has 0 aromatic carbocycles. The summed E-state index contributed by atoms with van der Waals surface area (Å²) in [7, 11) is -2.56. The molecule has 0 spiro atoms. The summed E-state index contributed by atoms with van der Waals surface area (Å²) in [6, 6.07) is 0. The standard InChI is InChI=1S/C20H42O3Si/c1-4-7-17-21-24(22-18-8-5-2,23-19-9-6-3)20-15-13-11-10-12-14-16-20/h20H,4-19H2,1-3H3. The van der Waals surface area contributed by atoms with Crippen molar-refractivity contribution < 1.29 is 13.3 Å². The van der Waals surface area contributed by atoms with Gasteiger partial charge < -0.3 is 13.3 Å². The summed E-state index contributed by atoms with van der Waals surface area (Å²) < 4.78 is 19.5. The van der Waals surface area contributed by atoms with Gasteiger partial charge in [-0.1, -0.05) is 72.1 Å². The van der Waals surface area contributed by atoms with Crippen LogP contribution in [-0.2, 0) is 13.3 Å². The van der Waals surface area contributed by atoms with Gasteiger partial charge in [-0.05, 0) is 32.1 Å². The minimum absolute atomic E-state index is 0.517. The third-order valence-corrected chi connectivity index (χ3v) is 8.41. The predicted molar refractivity (Wildman–Crippen MR) is 104 cm³/mol. The zero-order valence-corrected chi connectivity index (χ0v) is 17.6.